The van der Waals surface area contributed by atoms with Crippen molar-refractivity contribution in [3.63, 3.8) is 0 Å². The summed E-state index contributed by atoms with van der Waals surface area (Å²) < 4.78 is 5.70. The first-order valence-corrected chi connectivity index (χ1v) is 9.16. The van der Waals surface area contributed by atoms with Gasteiger partial charge in [0, 0.05) is 29.8 Å². The van der Waals surface area contributed by atoms with E-state index in [1.54, 1.807) is 0 Å². The Bertz CT molecular complexity index is 1020. The molecule has 2 aliphatic rings. The number of pyridine rings is 1. The van der Waals surface area contributed by atoms with Crippen molar-refractivity contribution >= 4 is 16.9 Å². The summed E-state index contributed by atoms with van der Waals surface area (Å²) in [5, 5.41) is 4.27. The third-order valence-electron chi connectivity index (χ3n) is 5.58. The van der Waals surface area contributed by atoms with Gasteiger partial charge in [-0.25, -0.2) is 4.98 Å². The van der Waals surface area contributed by atoms with E-state index in [1.165, 1.54) is 22.3 Å². The highest BCUT2D eigenvalue weighted by Gasteiger charge is 2.27. The number of fused-ring (bicyclic) bond motifs is 2. The summed E-state index contributed by atoms with van der Waals surface area (Å²) in [5.41, 5.74) is 8.17. The minimum absolute atomic E-state index is 0.0867. The van der Waals surface area contributed by atoms with Crippen LogP contribution in [0.4, 0.5) is 0 Å². The first-order chi connectivity index (χ1) is 12.7. The molecular weight excluding hydrogens is 326 g/mol. The van der Waals surface area contributed by atoms with Gasteiger partial charge in [0.05, 0.1) is 19.3 Å². The average molecular weight is 347 g/mol. The summed E-state index contributed by atoms with van der Waals surface area (Å²) in [6, 6.07) is 6.77. The Morgan fingerprint density at radius 1 is 1.19 bits per heavy atom. The van der Waals surface area contributed by atoms with Crippen LogP contribution in [-0.4, -0.2) is 22.5 Å². The van der Waals surface area contributed by atoms with E-state index in [4.69, 9.17) is 4.74 Å². The summed E-state index contributed by atoms with van der Waals surface area (Å²) in [6.45, 7) is 3.47. The van der Waals surface area contributed by atoms with Gasteiger partial charge in [-0.15, -0.1) is 0 Å². The Labute approximate surface area is 151 Å². The van der Waals surface area contributed by atoms with Crippen LogP contribution in [0.5, 0.6) is 0 Å². The normalized spacial score (nSPS) is 19.6. The fourth-order valence-electron chi connectivity index (χ4n) is 4.13. The molecule has 2 N–H and O–H groups in total. The van der Waals surface area contributed by atoms with Crippen molar-refractivity contribution in [1.29, 1.82) is 0 Å². The molecule has 1 fully saturated rings. The summed E-state index contributed by atoms with van der Waals surface area (Å²) in [7, 11) is 0. The van der Waals surface area contributed by atoms with E-state index in [2.05, 4.69) is 40.4 Å². The van der Waals surface area contributed by atoms with Gasteiger partial charge >= 0.3 is 0 Å². The van der Waals surface area contributed by atoms with Crippen LogP contribution >= 0.6 is 0 Å². The van der Waals surface area contributed by atoms with Crippen LogP contribution in [0.25, 0.3) is 22.2 Å². The predicted octanol–water partition coefficient (Wildman–Crippen LogP) is 3.56. The third-order valence-corrected chi connectivity index (χ3v) is 5.58. The van der Waals surface area contributed by atoms with Gasteiger partial charge in [-0.05, 0) is 59.7 Å². The standard InChI is InChI=1S/C21H21N3O2/c1-12-9-22-21-16(12)8-15(10-23-21)14-6-13-4-5-26-11-18(13)17(7-14)19-2-3-20(25)24-19/h6-10,19H,2-5,11H2,1H3,(H,22,23)(H,24,25). The second kappa shape index (κ2) is 5.95. The number of benzene rings is 1. The number of carbonyl (C=O) groups excluding carboxylic acids is 1. The van der Waals surface area contributed by atoms with Gasteiger partial charge in [0.25, 0.3) is 0 Å². The molecule has 5 rings (SSSR count). The highest BCUT2D eigenvalue weighted by atomic mass is 16.5. The van der Waals surface area contributed by atoms with Crippen LogP contribution in [0.1, 0.15) is 41.1 Å². The molecule has 26 heavy (non-hydrogen) atoms. The van der Waals surface area contributed by atoms with Crippen molar-refractivity contribution in [1.82, 2.24) is 15.3 Å². The number of nitrogens with zero attached hydrogens (tertiary/aromatic N) is 1. The van der Waals surface area contributed by atoms with Crippen molar-refractivity contribution in [2.75, 3.05) is 6.61 Å². The largest absolute Gasteiger partial charge is 0.376 e. The zero-order valence-corrected chi connectivity index (χ0v) is 14.8. The van der Waals surface area contributed by atoms with Gasteiger partial charge in [-0.3, -0.25) is 4.79 Å². The van der Waals surface area contributed by atoms with Crippen molar-refractivity contribution in [2.24, 2.45) is 0 Å². The van der Waals surface area contributed by atoms with Crippen molar-refractivity contribution in [3.8, 4) is 11.1 Å². The fraction of sp³-hybridized carbons (Fsp3) is 0.333. The molecule has 2 aliphatic heterocycles. The van der Waals surface area contributed by atoms with Gasteiger partial charge < -0.3 is 15.0 Å². The highest BCUT2D eigenvalue weighted by molar-refractivity contribution is 5.85. The lowest BCUT2D eigenvalue weighted by Gasteiger charge is -2.24. The quantitative estimate of drug-likeness (QED) is 0.745. The molecule has 1 unspecified atom stereocenters. The second-order valence-corrected chi connectivity index (χ2v) is 7.26. The number of aromatic amines is 1. The van der Waals surface area contributed by atoms with Crippen LogP contribution in [0.2, 0.25) is 0 Å². The first-order valence-electron chi connectivity index (χ1n) is 9.16. The monoisotopic (exact) mass is 347 g/mol. The molecular formula is C21H21N3O2. The Hall–Kier alpha value is -2.66. The van der Waals surface area contributed by atoms with E-state index >= 15 is 0 Å². The summed E-state index contributed by atoms with van der Waals surface area (Å²) in [6.07, 6.45) is 6.28. The van der Waals surface area contributed by atoms with Gasteiger partial charge in [-0.1, -0.05) is 6.07 Å². The summed E-state index contributed by atoms with van der Waals surface area (Å²) in [4.78, 5) is 19.5. The lowest BCUT2D eigenvalue weighted by Crippen LogP contribution is -2.22. The molecule has 0 aliphatic carbocycles. The third kappa shape index (κ3) is 2.51. The molecule has 1 aromatic carbocycles. The Morgan fingerprint density at radius 2 is 2.12 bits per heavy atom. The van der Waals surface area contributed by atoms with Crippen molar-refractivity contribution in [2.45, 2.75) is 38.8 Å². The maximum atomic E-state index is 11.7. The van der Waals surface area contributed by atoms with Crippen LogP contribution in [0.3, 0.4) is 0 Å². The van der Waals surface area contributed by atoms with E-state index in [-0.39, 0.29) is 11.9 Å². The number of H-pyrrole nitrogens is 1. The number of rotatable bonds is 2. The first kappa shape index (κ1) is 15.6. The Morgan fingerprint density at radius 3 is 2.96 bits per heavy atom. The molecule has 0 radical (unpaired) electrons. The Balaban J connectivity index is 1.66. The lowest BCUT2D eigenvalue weighted by molar-refractivity contribution is -0.119. The van der Waals surface area contributed by atoms with E-state index < -0.39 is 0 Å². The molecule has 4 heterocycles. The number of aryl methyl sites for hydroxylation is 1. The Kier molecular flexibility index (Phi) is 3.57. The van der Waals surface area contributed by atoms with Gasteiger partial charge in [0.2, 0.25) is 5.91 Å². The minimum Gasteiger partial charge on any atom is -0.376 e. The molecule has 5 heteroatoms. The van der Waals surface area contributed by atoms with E-state index in [0.717, 1.165) is 41.6 Å². The minimum atomic E-state index is 0.0867. The molecule has 1 saturated heterocycles. The number of hydrogen-bond acceptors (Lipinski definition) is 3. The smallest absolute Gasteiger partial charge is 0.220 e. The van der Waals surface area contributed by atoms with E-state index in [0.29, 0.717) is 13.0 Å². The number of ether oxygens (including phenoxy) is 1. The molecule has 1 atom stereocenters. The second-order valence-electron chi connectivity index (χ2n) is 7.26. The molecule has 3 aromatic rings. The molecule has 0 spiro atoms. The van der Waals surface area contributed by atoms with Crippen LogP contribution < -0.4 is 5.32 Å². The highest BCUT2D eigenvalue weighted by Crippen LogP contribution is 2.35. The predicted molar refractivity (Wildman–Crippen MR) is 99.7 cm³/mol. The summed E-state index contributed by atoms with van der Waals surface area (Å²) in [5.74, 6) is 0.136. The average Bonchev–Trinajstić information content (AvgIpc) is 3.26. The molecule has 1 amide bonds. The van der Waals surface area contributed by atoms with E-state index in [1.807, 2.05) is 12.4 Å². The van der Waals surface area contributed by atoms with Gasteiger partial charge in [-0.2, -0.15) is 0 Å². The van der Waals surface area contributed by atoms with Crippen molar-refractivity contribution in [3.05, 3.63) is 52.8 Å². The topological polar surface area (TPSA) is 67.0 Å². The molecule has 132 valence electrons. The van der Waals surface area contributed by atoms with Gasteiger partial charge in [0.1, 0.15) is 5.65 Å². The zero-order valence-electron chi connectivity index (χ0n) is 14.8. The number of aromatic nitrogens is 2. The maximum Gasteiger partial charge on any atom is 0.220 e. The van der Waals surface area contributed by atoms with Crippen LogP contribution in [0, 0.1) is 6.92 Å². The maximum absolute atomic E-state index is 11.7. The SMILES string of the molecule is Cc1c[nH]c2ncc(-c3cc4c(c(C5CCC(=O)N5)c3)COCC4)cc12. The molecule has 0 bridgehead atoms. The van der Waals surface area contributed by atoms with Gasteiger partial charge in [0.15, 0.2) is 0 Å². The zero-order chi connectivity index (χ0) is 17.7. The number of nitrogens with one attached hydrogen (secondary N) is 2. The lowest BCUT2D eigenvalue weighted by atomic mass is 9.88. The van der Waals surface area contributed by atoms with Crippen LogP contribution in [0.15, 0.2) is 30.6 Å². The number of carbonyl (C=O) groups is 1. The fourth-order valence-corrected chi connectivity index (χ4v) is 4.13. The van der Waals surface area contributed by atoms with Crippen LogP contribution in [-0.2, 0) is 22.6 Å². The summed E-state index contributed by atoms with van der Waals surface area (Å²) >= 11 is 0. The molecule has 5 nitrogen and oxygen atoms in total. The number of amides is 1. The molecule has 0 saturated carbocycles. The van der Waals surface area contributed by atoms with Crippen molar-refractivity contribution < 1.29 is 9.53 Å². The number of hydrogen-bond donors (Lipinski definition) is 2. The van der Waals surface area contributed by atoms with E-state index in [9.17, 15) is 4.79 Å². The molecule has 2 aromatic heterocycles.